The van der Waals surface area contributed by atoms with Crippen molar-refractivity contribution in [3.8, 4) is 0 Å². The van der Waals surface area contributed by atoms with Crippen LogP contribution < -0.4 is 10.7 Å². The van der Waals surface area contributed by atoms with Gasteiger partial charge in [0.1, 0.15) is 12.7 Å². The normalized spacial score (nSPS) is 24.2. The van der Waals surface area contributed by atoms with Gasteiger partial charge in [0.25, 0.3) is 5.91 Å². The Balaban J connectivity index is 1.44. The number of ether oxygens (including phenoxy) is 1. The van der Waals surface area contributed by atoms with Crippen LogP contribution in [0.5, 0.6) is 0 Å². The predicted octanol–water partition coefficient (Wildman–Crippen LogP) is 2.08. The largest absolute Gasteiger partial charge is 0.379 e. The van der Waals surface area contributed by atoms with Crippen LogP contribution in [0.1, 0.15) is 46.7 Å². The van der Waals surface area contributed by atoms with Crippen molar-refractivity contribution in [2.75, 3.05) is 43.6 Å². The number of benzene rings is 1. The Labute approximate surface area is 222 Å². The summed E-state index contributed by atoms with van der Waals surface area (Å²) >= 11 is 0. The molecule has 3 unspecified atom stereocenters. The summed E-state index contributed by atoms with van der Waals surface area (Å²) in [4.78, 5) is 38.0. The summed E-state index contributed by atoms with van der Waals surface area (Å²) in [6, 6.07) is 7.83. The molecule has 4 heterocycles. The Kier molecular flexibility index (Phi) is 6.86. The van der Waals surface area contributed by atoms with Crippen molar-refractivity contribution in [2.45, 2.75) is 44.2 Å². The topological polar surface area (TPSA) is 126 Å². The van der Waals surface area contributed by atoms with Gasteiger partial charge in [-0.05, 0) is 49.8 Å². The van der Waals surface area contributed by atoms with Gasteiger partial charge in [0.2, 0.25) is 11.9 Å². The Morgan fingerprint density at radius 2 is 1.76 bits per heavy atom. The predicted molar refractivity (Wildman–Crippen MR) is 141 cm³/mol. The molecule has 6 rings (SSSR count). The number of rotatable bonds is 6. The molecule has 1 aliphatic carbocycles. The van der Waals surface area contributed by atoms with Crippen molar-refractivity contribution < 1.29 is 9.53 Å². The average Bonchev–Trinajstić information content (AvgIpc) is 3.80. The van der Waals surface area contributed by atoms with Gasteiger partial charge in [0.05, 0.1) is 19.3 Å². The minimum absolute atomic E-state index is 0.0145. The van der Waals surface area contributed by atoms with Crippen molar-refractivity contribution in [1.82, 2.24) is 34.8 Å². The maximum Gasteiger partial charge on any atom is 0.254 e. The molecule has 0 bridgehead atoms. The molecule has 3 aromatic rings. The highest BCUT2D eigenvalue weighted by molar-refractivity contribution is 5.94. The number of aromatic nitrogens is 5. The van der Waals surface area contributed by atoms with Gasteiger partial charge >= 0.3 is 0 Å². The van der Waals surface area contributed by atoms with Gasteiger partial charge < -0.3 is 15.4 Å². The molecule has 0 spiro atoms. The molecule has 3 atom stereocenters. The third-order valence-corrected chi connectivity index (χ3v) is 7.81. The van der Waals surface area contributed by atoms with E-state index < -0.39 is 0 Å². The van der Waals surface area contributed by atoms with Gasteiger partial charge in [-0.15, -0.1) is 0 Å². The van der Waals surface area contributed by atoms with Crippen LogP contribution in [0.25, 0.3) is 0 Å². The Hall–Kier alpha value is -3.70. The number of amides is 1. The number of carbonyl (C=O) groups excluding carboxylic acids is 1. The fourth-order valence-corrected chi connectivity index (χ4v) is 6.01. The minimum atomic E-state index is -0.0646. The van der Waals surface area contributed by atoms with E-state index in [1.54, 1.807) is 0 Å². The lowest BCUT2D eigenvalue weighted by molar-refractivity contribution is 0.0107. The lowest BCUT2D eigenvalue weighted by Gasteiger charge is -2.52. The van der Waals surface area contributed by atoms with E-state index in [-0.39, 0.29) is 29.9 Å². The molecule has 3 aliphatic rings. The number of piperidine rings is 1. The second-order valence-corrected chi connectivity index (χ2v) is 10.3. The lowest BCUT2D eigenvalue weighted by Crippen LogP contribution is -2.63. The number of nitrogens with two attached hydrogens (primary N) is 1. The number of likely N-dealkylation sites (tertiary alicyclic amines) is 1. The highest BCUT2D eigenvalue weighted by Gasteiger charge is 2.51. The number of morpholine rings is 1. The quantitative estimate of drug-likeness (QED) is 0.521. The molecular formula is C27H33N9O2. The molecule has 0 radical (unpaired) electrons. The van der Waals surface area contributed by atoms with Crippen LogP contribution in [0.4, 0.5) is 11.9 Å². The van der Waals surface area contributed by atoms with E-state index in [0.29, 0.717) is 31.6 Å². The first-order chi connectivity index (χ1) is 18.6. The van der Waals surface area contributed by atoms with E-state index in [1.807, 2.05) is 43.6 Å². The van der Waals surface area contributed by atoms with Gasteiger partial charge in [-0.25, -0.2) is 29.9 Å². The third kappa shape index (κ3) is 4.91. The summed E-state index contributed by atoms with van der Waals surface area (Å²) < 4.78 is 5.67. The molecule has 1 aromatic carbocycles. The monoisotopic (exact) mass is 515 g/mol. The van der Waals surface area contributed by atoms with Gasteiger partial charge in [-0.1, -0.05) is 17.7 Å². The first-order valence-electron chi connectivity index (χ1n) is 13.3. The fraction of sp³-hybridized carbons (Fsp3) is 0.481. The number of nitrogens with zero attached hydrogens (tertiary/aromatic N) is 8. The van der Waals surface area contributed by atoms with Crippen molar-refractivity contribution in [3.05, 3.63) is 66.0 Å². The zero-order chi connectivity index (χ0) is 26.1. The number of nitrogen functional groups attached to an aromatic ring is 1. The summed E-state index contributed by atoms with van der Waals surface area (Å²) in [5, 5.41) is 4.49. The summed E-state index contributed by atoms with van der Waals surface area (Å²) in [6.07, 6.45) is 9.62. The van der Waals surface area contributed by atoms with Crippen molar-refractivity contribution in [2.24, 2.45) is 5.92 Å². The Bertz CT molecular complexity index is 1250. The Morgan fingerprint density at radius 3 is 2.45 bits per heavy atom. The zero-order valence-corrected chi connectivity index (χ0v) is 21.6. The van der Waals surface area contributed by atoms with E-state index >= 15 is 0 Å². The molecule has 198 valence electrons. The maximum absolute atomic E-state index is 14.0. The molecule has 1 amide bonds. The Morgan fingerprint density at radius 1 is 1.03 bits per heavy atom. The standard InChI is InChI=1S/C27H33N9O2/c1-18-3-2-4-20(13-18)25(37)35-8-7-22(23(24(35)19-5-6-19)21-14-30-26(28)31-15-21)36(27-32-16-29-17-33-27)34-9-11-38-12-10-34/h2-4,13-17,19,22-24H,5-12H2,1H3,(H2,28,30,31). The van der Waals surface area contributed by atoms with Crippen molar-refractivity contribution in [1.29, 1.82) is 0 Å². The van der Waals surface area contributed by atoms with Crippen LogP contribution in [0.2, 0.25) is 0 Å². The highest BCUT2D eigenvalue weighted by atomic mass is 16.5. The van der Waals surface area contributed by atoms with Gasteiger partial charge in [-0.2, -0.15) is 0 Å². The summed E-state index contributed by atoms with van der Waals surface area (Å²) in [7, 11) is 0. The number of hydrogen-bond donors (Lipinski definition) is 1. The first kappa shape index (κ1) is 24.6. The second-order valence-electron chi connectivity index (χ2n) is 10.3. The zero-order valence-electron chi connectivity index (χ0n) is 21.6. The average molecular weight is 516 g/mol. The molecule has 2 aromatic heterocycles. The molecule has 38 heavy (non-hydrogen) atoms. The van der Waals surface area contributed by atoms with Crippen molar-refractivity contribution >= 4 is 17.8 Å². The molecule has 2 N–H and O–H groups in total. The smallest absolute Gasteiger partial charge is 0.254 e. The van der Waals surface area contributed by atoms with E-state index in [0.717, 1.165) is 49.0 Å². The molecule has 2 saturated heterocycles. The van der Waals surface area contributed by atoms with Crippen LogP contribution in [-0.4, -0.2) is 85.7 Å². The molecule has 2 aliphatic heterocycles. The first-order valence-corrected chi connectivity index (χ1v) is 13.3. The number of hydrazine groups is 1. The molecule has 3 fully saturated rings. The van der Waals surface area contributed by atoms with Gasteiger partial charge in [-0.3, -0.25) is 9.80 Å². The van der Waals surface area contributed by atoms with Gasteiger partial charge in [0, 0.05) is 49.6 Å². The highest BCUT2D eigenvalue weighted by Crippen LogP contribution is 2.48. The van der Waals surface area contributed by atoms with E-state index in [9.17, 15) is 4.79 Å². The summed E-state index contributed by atoms with van der Waals surface area (Å²) in [5.41, 5.74) is 8.65. The number of hydrogen-bond acceptors (Lipinski definition) is 10. The minimum Gasteiger partial charge on any atom is -0.379 e. The van der Waals surface area contributed by atoms with Crippen LogP contribution in [-0.2, 0) is 4.74 Å². The number of carbonyl (C=O) groups is 1. The molecule has 11 heteroatoms. The SMILES string of the molecule is Cc1cccc(C(=O)N2CCC(N(c3ncncn3)N3CCOCC3)C(c3cnc(N)nc3)C2C2CC2)c1. The fourth-order valence-electron chi connectivity index (χ4n) is 6.01. The van der Waals surface area contributed by atoms with E-state index in [1.165, 1.54) is 12.7 Å². The van der Waals surface area contributed by atoms with Crippen LogP contribution in [0, 0.1) is 12.8 Å². The van der Waals surface area contributed by atoms with Crippen molar-refractivity contribution in [3.63, 3.8) is 0 Å². The lowest BCUT2D eigenvalue weighted by atomic mass is 9.77. The van der Waals surface area contributed by atoms with Crippen LogP contribution in [0.3, 0.4) is 0 Å². The maximum atomic E-state index is 14.0. The van der Waals surface area contributed by atoms with E-state index in [2.05, 4.69) is 39.8 Å². The van der Waals surface area contributed by atoms with Crippen LogP contribution in [0.15, 0.2) is 49.3 Å². The van der Waals surface area contributed by atoms with Crippen LogP contribution >= 0.6 is 0 Å². The van der Waals surface area contributed by atoms with Gasteiger partial charge in [0.15, 0.2) is 0 Å². The molecule has 1 saturated carbocycles. The number of anilines is 2. The summed E-state index contributed by atoms with van der Waals surface area (Å²) in [6.45, 7) is 5.38. The summed E-state index contributed by atoms with van der Waals surface area (Å²) in [5.74, 6) is 1.24. The molecular weight excluding hydrogens is 482 g/mol. The van der Waals surface area contributed by atoms with E-state index in [4.69, 9.17) is 10.5 Å². The molecule has 11 nitrogen and oxygen atoms in total. The number of aryl methyl sites for hydroxylation is 1. The third-order valence-electron chi connectivity index (χ3n) is 7.81. The second kappa shape index (κ2) is 10.6.